The van der Waals surface area contributed by atoms with Crippen LogP contribution in [0.25, 0.3) is 0 Å². The van der Waals surface area contributed by atoms with E-state index in [1.807, 2.05) is 0 Å². The van der Waals surface area contributed by atoms with E-state index in [1.165, 1.54) is 20.3 Å². The zero-order valence-corrected chi connectivity index (χ0v) is 12.9. The van der Waals surface area contributed by atoms with Gasteiger partial charge in [0, 0.05) is 12.1 Å². The molecule has 0 spiro atoms. The molecule has 0 aliphatic carbocycles. The minimum absolute atomic E-state index is 0.284. The molecular formula is C17H17F2NO3. The summed E-state index contributed by atoms with van der Waals surface area (Å²) in [5.41, 5.74) is 1.03. The average Bonchev–Trinajstić information content (AvgIpc) is 2.57. The number of nitrogens with one attached hydrogen (secondary N) is 1. The van der Waals surface area contributed by atoms with E-state index >= 15 is 0 Å². The molecule has 0 bridgehead atoms. The predicted octanol–water partition coefficient (Wildman–Crippen LogP) is 2.95. The Kier molecular flexibility index (Phi) is 5.51. The number of hydrogen-bond acceptors (Lipinski definition) is 3. The Morgan fingerprint density at radius 2 is 1.74 bits per heavy atom. The molecule has 0 atom stereocenters. The van der Waals surface area contributed by atoms with E-state index < -0.39 is 11.6 Å². The summed E-state index contributed by atoms with van der Waals surface area (Å²) in [7, 11) is 3.00. The minimum Gasteiger partial charge on any atom is -0.493 e. The van der Waals surface area contributed by atoms with Crippen molar-refractivity contribution in [1.29, 1.82) is 0 Å². The lowest BCUT2D eigenvalue weighted by Crippen LogP contribution is -2.25. The van der Waals surface area contributed by atoms with Crippen molar-refractivity contribution in [2.45, 2.75) is 6.42 Å². The molecule has 1 amide bonds. The first-order chi connectivity index (χ1) is 11.0. The molecule has 0 aliphatic rings. The third kappa shape index (κ3) is 4.18. The van der Waals surface area contributed by atoms with E-state index in [4.69, 9.17) is 9.47 Å². The van der Waals surface area contributed by atoms with Crippen molar-refractivity contribution in [3.05, 3.63) is 59.2 Å². The van der Waals surface area contributed by atoms with Gasteiger partial charge in [-0.2, -0.15) is 0 Å². The molecule has 1 N–H and O–H groups in total. The zero-order valence-electron chi connectivity index (χ0n) is 12.9. The molecular weight excluding hydrogens is 304 g/mol. The van der Waals surface area contributed by atoms with Crippen LogP contribution in [0.15, 0.2) is 36.4 Å². The summed E-state index contributed by atoms with van der Waals surface area (Å²) in [5.74, 6) is -1.07. The van der Waals surface area contributed by atoms with Crippen LogP contribution in [0.2, 0.25) is 0 Å². The van der Waals surface area contributed by atoms with Crippen molar-refractivity contribution in [2.75, 3.05) is 20.8 Å². The maximum Gasteiger partial charge on any atom is 0.251 e. The number of carbonyl (C=O) groups excluding carboxylic acids is 1. The van der Waals surface area contributed by atoms with Crippen LogP contribution < -0.4 is 14.8 Å². The van der Waals surface area contributed by atoms with Crippen LogP contribution in [0.1, 0.15) is 15.9 Å². The largest absolute Gasteiger partial charge is 0.493 e. The van der Waals surface area contributed by atoms with Crippen LogP contribution in [-0.2, 0) is 6.42 Å². The molecule has 0 aliphatic heterocycles. The Bertz CT molecular complexity index is 704. The number of halogens is 2. The van der Waals surface area contributed by atoms with E-state index in [1.54, 1.807) is 18.2 Å². The molecule has 0 fully saturated rings. The van der Waals surface area contributed by atoms with Gasteiger partial charge in [-0.15, -0.1) is 0 Å². The van der Waals surface area contributed by atoms with Gasteiger partial charge in [-0.05, 0) is 42.3 Å². The Balaban J connectivity index is 1.95. The minimum atomic E-state index is -0.895. The van der Waals surface area contributed by atoms with Crippen molar-refractivity contribution in [2.24, 2.45) is 0 Å². The predicted molar refractivity (Wildman–Crippen MR) is 81.9 cm³/mol. The van der Waals surface area contributed by atoms with Gasteiger partial charge >= 0.3 is 0 Å². The fourth-order valence-electron chi connectivity index (χ4n) is 2.10. The third-order valence-electron chi connectivity index (χ3n) is 3.33. The highest BCUT2D eigenvalue weighted by Gasteiger charge is 2.10. The lowest BCUT2D eigenvalue weighted by atomic mass is 10.1. The smallest absolute Gasteiger partial charge is 0.251 e. The third-order valence-corrected chi connectivity index (χ3v) is 3.33. The monoisotopic (exact) mass is 321 g/mol. The first-order valence-electron chi connectivity index (χ1n) is 6.99. The quantitative estimate of drug-likeness (QED) is 0.890. The number of rotatable bonds is 6. The summed E-state index contributed by atoms with van der Waals surface area (Å²) < 4.78 is 36.2. The summed E-state index contributed by atoms with van der Waals surface area (Å²) in [6.07, 6.45) is 0.399. The van der Waals surface area contributed by atoms with Crippen LogP contribution in [0.5, 0.6) is 11.5 Å². The molecule has 6 heteroatoms. The van der Waals surface area contributed by atoms with E-state index in [2.05, 4.69) is 5.32 Å². The van der Waals surface area contributed by atoms with Crippen molar-refractivity contribution < 1.29 is 23.0 Å². The van der Waals surface area contributed by atoms with Gasteiger partial charge in [0.2, 0.25) is 0 Å². The Hall–Kier alpha value is -2.63. The van der Waals surface area contributed by atoms with Gasteiger partial charge in [-0.1, -0.05) is 6.07 Å². The molecule has 0 unspecified atom stereocenters. The lowest BCUT2D eigenvalue weighted by molar-refractivity contribution is 0.0953. The zero-order chi connectivity index (χ0) is 16.8. The van der Waals surface area contributed by atoms with Crippen LogP contribution >= 0.6 is 0 Å². The van der Waals surface area contributed by atoms with E-state index in [-0.39, 0.29) is 5.91 Å². The number of ether oxygens (including phenoxy) is 2. The van der Waals surface area contributed by atoms with Gasteiger partial charge in [0.15, 0.2) is 23.1 Å². The van der Waals surface area contributed by atoms with Crippen LogP contribution in [-0.4, -0.2) is 26.7 Å². The second-order valence-corrected chi connectivity index (χ2v) is 4.82. The first-order valence-corrected chi connectivity index (χ1v) is 6.99. The number of methoxy groups -OCH3 is 2. The first kappa shape index (κ1) is 16.7. The molecule has 2 rings (SSSR count). The molecule has 0 aromatic heterocycles. The maximum atomic E-state index is 13.1. The van der Waals surface area contributed by atoms with Gasteiger partial charge in [0.25, 0.3) is 5.91 Å². The highest BCUT2D eigenvalue weighted by molar-refractivity contribution is 5.94. The topological polar surface area (TPSA) is 47.6 Å². The Morgan fingerprint density at radius 3 is 2.39 bits per heavy atom. The normalized spacial score (nSPS) is 10.3. The number of hydrogen-bond donors (Lipinski definition) is 1. The van der Waals surface area contributed by atoms with Gasteiger partial charge in [-0.3, -0.25) is 4.79 Å². The maximum absolute atomic E-state index is 13.1. The molecule has 2 aromatic rings. The molecule has 23 heavy (non-hydrogen) atoms. The van der Waals surface area contributed by atoms with Gasteiger partial charge in [0.1, 0.15) is 0 Å². The molecule has 0 heterocycles. The molecule has 0 saturated carbocycles. The number of amides is 1. The fourth-order valence-corrected chi connectivity index (χ4v) is 2.10. The standard InChI is InChI=1S/C17H17F2NO3/c1-22-15-6-4-12(10-16(15)23-2)17(21)20-8-7-11-3-5-13(18)14(19)9-11/h3-6,9-10H,7-8H2,1-2H3,(H,20,21). The van der Waals surface area contributed by atoms with Crippen molar-refractivity contribution in [3.8, 4) is 11.5 Å². The summed E-state index contributed by atoms with van der Waals surface area (Å²) in [4.78, 5) is 12.1. The van der Waals surface area contributed by atoms with E-state index in [0.29, 0.717) is 35.6 Å². The highest BCUT2D eigenvalue weighted by atomic mass is 19.2. The van der Waals surface area contributed by atoms with Gasteiger partial charge in [0.05, 0.1) is 14.2 Å². The number of carbonyl (C=O) groups is 1. The van der Waals surface area contributed by atoms with Crippen LogP contribution in [0.3, 0.4) is 0 Å². The van der Waals surface area contributed by atoms with E-state index in [9.17, 15) is 13.6 Å². The summed E-state index contributed by atoms with van der Waals surface area (Å²) in [6, 6.07) is 8.52. The summed E-state index contributed by atoms with van der Waals surface area (Å²) in [5, 5.41) is 2.72. The second kappa shape index (κ2) is 7.58. The second-order valence-electron chi connectivity index (χ2n) is 4.82. The van der Waals surface area contributed by atoms with Crippen LogP contribution in [0, 0.1) is 11.6 Å². The summed E-state index contributed by atoms with van der Waals surface area (Å²) >= 11 is 0. The van der Waals surface area contributed by atoms with Gasteiger partial charge in [-0.25, -0.2) is 8.78 Å². The van der Waals surface area contributed by atoms with Crippen molar-refractivity contribution in [3.63, 3.8) is 0 Å². The molecule has 2 aromatic carbocycles. The molecule has 122 valence electrons. The van der Waals surface area contributed by atoms with Crippen molar-refractivity contribution >= 4 is 5.91 Å². The van der Waals surface area contributed by atoms with Crippen molar-refractivity contribution in [1.82, 2.24) is 5.32 Å². The molecule has 0 saturated heterocycles. The number of benzene rings is 2. The van der Waals surface area contributed by atoms with Gasteiger partial charge < -0.3 is 14.8 Å². The summed E-state index contributed by atoms with van der Waals surface area (Å²) in [6.45, 7) is 0.304. The van der Waals surface area contributed by atoms with Crippen LogP contribution in [0.4, 0.5) is 8.78 Å². The Morgan fingerprint density at radius 1 is 1.00 bits per heavy atom. The average molecular weight is 321 g/mol. The Labute approximate surface area is 133 Å². The SMILES string of the molecule is COc1ccc(C(=O)NCCc2ccc(F)c(F)c2)cc1OC. The molecule has 4 nitrogen and oxygen atoms in total. The fraction of sp³-hybridized carbons (Fsp3) is 0.235. The molecule has 0 radical (unpaired) electrons. The van der Waals surface area contributed by atoms with E-state index in [0.717, 1.165) is 12.1 Å². The lowest BCUT2D eigenvalue weighted by Gasteiger charge is -2.10. The highest BCUT2D eigenvalue weighted by Crippen LogP contribution is 2.27.